The number of piperidine rings is 3. The number of anilines is 2. The quantitative estimate of drug-likeness (QED) is 0.127. The van der Waals surface area contributed by atoms with E-state index in [9.17, 15) is 46.8 Å². The third kappa shape index (κ3) is 11.1. The van der Waals surface area contributed by atoms with Gasteiger partial charge < -0.3 is 30.1 Å². The van der Waals surface area contributed by atoms with Crippen LogP contribution in [0.2, 0.25) is 0 Å². The number of hydrogen-bond acceptors (Lipinski definition) is 15. The summed E-state index contributed by atoms with van der Waals surface area (Å²) >= 11 is 1.23. The van der Waals surface area contributed by atoms with Crippen LogP contribution in [0.15, 0.2) is 78.4 Å². The first kappa shape index (κ1) is 51.1. The average molecular weight is 1050 g/mol. The number of aromatic nitrogens is 3. The average Bonchev–Trinajstić information content (AvgIpc) is 4.11. The monoisotopic (exact) mass is 1050 g/mol. The molecule has 5 aromatic rings. The number of ether oxygens (including phenoxy) is 1. The molecular weight excluding hydrogens is 993 g/mol. The number of likely N-dealkylation sites (tertiary alicyclic amines) is 2. The predicted octanol–water partition coefficient (Wildman–Crippen LogP) is 3.55. The Balaban J connectivity index is 0.710. The Morgan fingerprint density at radius 3 is 2.22 bits per heavy atom. The van der Waals surface area contributed by atoms with E-state index in [1.165, 1.54) is 35.7 Å². The molecule has 7 heterocycles. The van der Waals surface area contributed by atoms with Crippen molar-refractivity contribution in [1.29, 1.82) is 0 Å². The van der Waals surface area contributed by atoms with Gasteiger partial charge in [-0.15, -0.1) is 11.3 Å². The summed E-state index contributed by atoms with van der Waals surface area (Å²) in [6.07, 6.45) is 7.33. The molecular formula is C51H54N10O11S2. The van der Waals surface area contributed by atoms with Gasteiger partial charge in [-0.2, -0.15) is 0 Å². The Labute approximate surface area is 430 Å². The smallest absolute Gasteiger partial charge is 0.266 e. The maximum atomic E-state index is 13.6. The van der Waals surface area contributed by atoms with E-state index in [2.05, 4.69) is 25.9 Å². The fourth-order valence-corrected chi connectivity index (χ4v) is 11.7. The molecule has 4 aliphatic rings. The first-order chi connectivity index (χ1) is 35.4. The fraction of sp³-hybridized carbons (Fsp3) is 0.373. The topological polar surface area (TPSA) is 260 Å². The first-order valence-electron chi connectivity index (χ1n) is 24.2. The predicted molar refractivity (Wildman–Crippen MR) is 272 cm³/mol. The van der Waals surface area contributed by atoms with Gasteiger partial charge in [-0.05, 0) is 98.4 Å². The molecule has 0 aliphatic carbocycles. The minimum absolute atomic E-state index is 0.00409. The van der Waals surface area contributed by atoms with Crippen molar-refractivity contribution in [3.8, 4) is 28.1 Å². The summed E-state index contributed by atoms with van der Waals surface area (Å²) in [6, 6.07) is 16.4. The molecule has 1 unspecified atom stereocenters. The molecule has 0 spiro atoms. The summed E-state index contributed by atoms with van der Waals surface area (Å²) < 4.78 is 30.7. The van der Waals surface area contributed by atoms with Crippen molar-refractivity contribution in [2.45, 2.75) is 51.5 Å². The molecule has 21 nitrogen and oxygen atoms in total. The molecule has 3 saturated heterocycles. The SMILES string of the molecule is Cc1cc(C(=O)NCC(=O)Nc2nc(-c3cccc(-c4ccnc(N(C)CC(=O)N5CCC(C6CCN(C(=O)COc7cccc8c7C(=O)N(C7CCC(=O)NC7=O)C8=O)CC6)CC5)c4)c3)cs2)cn1S(C)(=O)=O. The van der Waals surface area contributed by atoms with Gasteiger partial charge in [0.15, 0.2) is 11.7 Å². The van der Waals surface area contributed by atoms with Crippen LogP contribution in [-0.4, -0.2) is 150 Å². The van der Waals surface area contributed by atoms with Crippen LogP contribution < -0.4 is 25.6 Å². The van der Waals surface area contributed by atoms with Gasteiger partial charge in [-0.1, -0.05) is 24.3 Å². The molecule has 74 heavy (non-hydrogen) atoms. The van der Waals surface area contributed by atoms with Crippen LogP contribution in [0.4, 0.5) is 10.9 Å². The van der Waals surface area contributed by atoms with Crippen LogP contribution >= 0.6 is 11.3 Å². The number of carbonyl (C=O) groups is 8. The van der Waals surface area contributed by atoms with E-state index < -0.39 is 51.5 Å². The molecule has 23 heteroatoms. The van der Waals surface area contributed by atoms with Crippen LogP contribution in [0.5, 0.6) is 5.75 Å². The lowest BCUT2D eigenvalue weighted by atomic mass is 9.79. The Bertz CT molecular complexity index is 3190. The number of fused-ring (bicyclic) bond motifs is 1. The minimum atomic E-state index is -3.58. The maximum absolute atomic E-state index is 13.6. The summed E-state index contributed by atoms with van der Waals surface area (Å²) in [4.78, 5) is 119. The third-order valence-corrected chi connectivity index (χ3v) is 15.8. The molecule has 3 aromatic heterocycles. The highest BCUT2D eigenvalue weighted by atomic mass is 32.2. The number of imide groups is 2. The number of amides is 8. The summed E-state index contributed by atoms with van der Waals surface area (Å²) in [5.74, 6) is -2.32. The Kier molecular flexibility index (Phi) is 14.8. The molecule has 0 saturated carbocycles. The van der Waals surface area contributed by atoms with Gasteiger partial charge in [-0.3, -0.25) is 48.6 Å². The summed E-state index contributed by atoms with van der Waals surface area (Å²) in [5.41, 5.74) is 3.77. The van der Waals surface area contributed by atoms with E-state index in [-0.39, 0.29) is 66.8 Å². The molecule has 2 aromatic carbocycles. The van der Waals surface area contributed by atoms with Crippen LogP contribution in [0.1, 0.15) is 75.3 Å². The summed E-state index contributed by atoms with van der Waals surface area (Å²) in [6.45, 7) is 3.40. The van der Waals surface area contributed by atoms with Crippen molar-refractivity contribution in [3.05, 3.63) is 101 Å². The lowest BCUT2D eigenvalue weighted by Crippen LogP contribution is -2.54. The number of hydrogen-bond donors (Lipinski definition) is 3. The minimum Gasteiger partial charge on any atom is -0.483 e. The molecule has 4 aliphatic heterocycles. The zero-order valence-electron chi connectivity index (χ0n) is 40.9. The van der Waals surface area contributed by atoms with Crippen LogP contribution in [0, 0.1) is 18.8 Å². The summed E-state index contributed by atoms with van der Waals surface area (Å²) in [7, 11) is -1.74. The van der Waals surface area contributed by atoms with Crippen molar-refractivity contribution in [1.82, 2.24) is 39.3 Å². The molecule has 386 valence electrons. The van der Waals surface area contributed by atoms with Gasteiger partial charge >= 0.3 is 0 Å². The summed E-state index contributed by atoms with van der Waals surface area (Å²) in [5, 5.41) is 9.53. The van der Waals surface area contributed by atoms with E-state index in [1.807, 2.05) is 58.6 Å². The van der Waals surface area contributed by atoms with E-state index in [0.717, 1.165) is 57.5 Å². The number of rotatable bonds is 15. The normalized spacial score (nSPS) is 17.5. The van der Waals surface area contributed by atoms with Crippen LogP contribution in [0.3, 0.4) is 0 Å². The number of aryl methyl sites for hydroxylation is 1. The van der Waals surface area contributed by atoms with Crippen molar-refractivity contribution >= 4 is 79.6 Å². The second-order valence-corrected chi connectivity index (χ2v) is 21.6. The number of nitrogens with one attached hydrogen (secondary N) is 3. The second-order valence-electron chi connectivity index (χ2n) is 18.9. The zero-order chi connectivity index (χ0) is 52.4. The highest BCUT2D eigenvalue weighted by molar-refractivity contribution is 7.89. The lowest BCUT2D eigenvalue weighted by Gasteiger charge is -2.40. The zero-order valence-corrected chi connectivity index (χ0v) is 42.5. The Hall–Kier alpha value is -7.79. The Morgan fingerprint density at radius 2 is 1.53 bits per heavy atom. The number of pyridine rings is 1. The van der Waals surface area contributed by atoms with Crippen molar-refractivity contribution in [3.63, 3.8) is 0 Å². The molecule has 9 rings (SSSR count). The van der Waals surface area contributed by atoms with Crippen LogP contribution in [-0.2, 0) is 34.0 Å². The van der Waals surface area contributed by atoms with Gasteiger partial charge in [0.05, 0.1) is 41.7 Å². The molecule has 3 N–H and O–H groups in total. The first-order valence-corrected chi connectivity index (χ1v) is 26.9. The second kappa shape index (κ2) is 21.4. The number of benzene rings is 2. The largest absolute Gasteiger partial charge is 0.483 e. The number of nitrogens with zero attached hydrogens (tertiary/aromatic N) is 7. The van der Waals surface area contributed by atoms with Crippen LogP contribution in [0.25, 0.3) is 22.4 Å². The number of carbonyl (C=O) groups excluding carboxylic acids is 8. The third-order valence-electron chi connectivity index (χ3n) is 14.0. The van der Waals surface area contributed by atoms with Gasteiger partial charge in [0.2, 0.25) is 33.7 Å². The van der Waals surface area contributed by atoms with Gasteiger partial charge in [0.1, 0.15) is 17.6 Å². The molecule has 0 radical (unpaired) electrons. The van der Waals surface area contributed by atoms with E-state index in [4.69, 9.17) is 4.74 Å². The number of likely N-dealkylation sites (N-methyl/N-ethyl adjacent to an activating group) is 1. The fourth-order valence-electron chi connectivity index (χ4n) is 10.0. The molecule has 3 fully saturated rings. The van der Waals surface area contributed by atoms with Crippen molar-refractivity contribution in [2.24, 2.45) is 11.8 Å². The van der Waals surface area contributed by atoms with Gasteiger partial charge in [0.25, 0.3) is 23.6 Å². The maximum Gasteiger partial charge on any atom is 0.266 e. The Morgan fingerprint density at radius 1 is 0.851 bits per heavy atom. The highest BCUT2D eigenvalue weighted by Crippen LogP contribution is 2.36. The van der Waals surface area contributed by atoms with E-state index in [0.29, 0.717) is 60.4 Å². The lowest BCUT2D eigenvalue weighted by molar-refractivity contribution is -0.136. The standard InChI is InChI=1S/C51H54N10O11S2/c1-30-22-36(26-60(30)74(3,70)71)47(66)53-25-43(63)56-51-54-38(29-73-51)35-7-4-6-33(23-35)34-12-17-52-41(24-34)57(2)27-44(64)58-18-13-31(14-19-58)32-15-20-59(21-16-32)45(65)28-72-40-9-5-8-37-46(40)50(69)61(49(37)68)39-10-11-42(62)55-48(39)67/h4-9,12,17,22-24,26,29,31-32,39H,10-11,13-16,18-21,25,27-28H2,1-3H3,(H,53,66)(H,54,56,63)(H,55,62,67). The molecule has 0 bridgehead atoms. The van der Waals surface area contributed by atoms with E-state index >= 15 is 0 Å². The van der Waals surface area contributed by atoms with Gasteiger partial charge in [0, 0.05) is 68.7 Å². The highest BCUT2D eigenvalue weighted by Gasteiger charge is 2.46. The van der Waals surface area contributed by atoms with Crippen molar-refractivity contribution in [2.75, 3.05) is 69.4 Å². The number of thiazole rings is 1. The van der Waals surface area contributed by atoms with Crippen molar-refractivity contribution < 1.29 is 51.5 Å². The molecule has 8 amide bonds. The molecule has 1 atom stereocenters. The van der Waals surface area contributed by atoms with Gasteiger partial charge in [-0.25, -0.2) is 22.4 Å². The van der Waals surface area contributed by atoms with E-state index in [1.54, 1.807) is 24.1 Å².